The Morgan fingerprint density at radius 2 is 2.05 bits per heavy atom. The first-order chi connectivity index (χ1) is 9.72. The van der Waals surface area contributed by atoms with Gasteiger partial charge in [-0.15, -0.1) is 0 Å². The van der Waals surface area contributed by atoms with E-state index in [9.17, 15) is 4.39 Å². The van der Waals surface area contributed by atoms with Crippen molar-refractivity contribution < 1.29 is 4.39 Å². The molecule has 1 aromatic heterocycles. The van der Waals surface area contributed by atoms with Gasteiger partial charge < -0.3 is 5.32 Å². The van der Waals surface area contributed by atoms with E-state index < -0.39 is 0 Å². The standard InChI is InChI=1S/C15H13BrFN3/c16-12-4-3-9(17)5-10(12)15-19-13-7-18-6-11(13)14(20-15)8-1-2-8/h3-5,8,18H,1-2,6-7H2. The van der Waals surface area contributed by atoms with Crippen molar-refractivity contribution in [3.05, 3.63) is 45.4 Å². The Hall–Kier alpha value is -1.33. The largest absolute Gasteiger partial charge is 0.307 e. The van der Waals surface area contributed by atoms with Gasteiger partial charge in [0, 0.05) is 34.6 Å². The second-order valence-corrected chi connectivity index (χ2v) is 6.21. The zero-order chi connectivity index (χ0) is 13.7. The van der Waals surface area contributed by atoms with Crippen molar-refractivity contribution in [3.63, 3.8) is 0 Å². The molecule has 2 heterocycles. The number of nitrogens with one attached hydrogen (secondary N) is 1. The number of fused-ring (bicyclic) bond motifs is 1. The molecule has 0 amide bonds. The summed E-state index contributed by atoms with van der Waals surface area (Å²) >= 11 is 3.46. The molecule has 5 heteroatoms. The van der Waals surface area contributed by atoms with Gasteiger partial charge in [-0.05, 0) is 31.0 Å². The lowest BCUT2D eigenvalue weighted by atomic mass is 10.1. The number of halogens is 2. The van der Waals surface area contributed by atoms with Crippen LogP contribution >= 0.6 is 15.9 Å². The third-order valence-corrected chi connectivity index (χ3v) is 4.54. The summed E-state index contributed by atoms with van der Waals surface area (Å²) in [4.78, 5) is 9.36. The van der Waals surface area contributed by atoms with Gasteiger partial charge in [-0.2, -0.15) is 0 Å². The van der Waals surface area contributed by atoms with Crippen LogP contribution in [-0.4, -0.2) is 9.97 Å². The van der Waals surface area contributed by atoms with E-state index in [2.05, 4.69) is 26.2 Å². The maximum atomic E-state index is 13.5. The van der Waals surface area contributed by atoms with Crippen LogP contribution in [0.25, 0.3) is 11.4 Å². The van der Waals surface area contributed by atoms with Crippen molar-refractivity contribution in [2.45, 2.75) is 31.8 Å². The van der Waals surface area contributed by atoms with Crippen molar-refractivity contribution in [3.8, 4) is 11.4 Å². The van der Waals surface area contributed by atoms with Gasteiger partial charge >= 0.3 is 0 Å². The van der Waals surface area contributed by atoms with Gasteiger partial charge in [-0.1, -0.05) is 15.9 Å². The maximum absolute atomic E-state index is 13.5. The number of hydrogen-bond acceptors (Lipinski definition) is 3. The van der Waals surface area contributed by atoms with Gasteiger partial charge in [-0.3, -0.25) is 0 Å². The SMILES string of the molecule is Fc1ccc(Br)c(-c2nc3c(c(C4CC4)n2)CNC3)c1. The zero-order valence-electron chi connectivity index (χ0n) is 10.8. The van der Waals surface area contributed by atoms with Crippen LogP contribution in [0, 0.1) is 5.82 Å². The molecule has 0 saturated heterocycles. The number of rotatable bonds is 2. The number of aromatic nitrogens is 2. The first-order valence-electron chi connectivity index (χ1n) is 6.78. The summed E-state index contributed by atoms with van der Waals surface area (Å²) in [5.41, 5.74) is 4.20. The predicted molar refractivity (Wildman–Crippen MR) is 77.6 cm³/mol. The highest BCUT2D eigenvalue weighted by Gasteiger charge is 2.31. The summed E-state index contributed by atoms with van der Waals surface area (Å²) in [6, 6.07) is 4.63. The average molecular weight is 334 g/mol. The molecule has 1 N–H and O–H groups in total. The Balaban J connectivity index is 1.90. The molecule has 1 aromatic carbocycles. The van der Waals surface area contributed by atoms with Crippen LogP contribution in [-0.2, 0) is 13.1 Å². The smallest absolute Gasteiger partial charge is 0.160 e. The fourth-order valence-electron chi connectivity index (χ4n) is 2.68. The number of nitrogens with zero attached hydrogens (tertiary/aromatic N) is 2. The zero-order valence-corrected chi connectivity index (χ0v) is 12.4. The van der Waals surface area contributed by atoms with Crippen LogP contribution in [0.15, 0.2) is 22.7 Å². The Kier molecular flexibility index (Phi) is 2.86. The fourth-order valence-corrected chi connectivity index (χ4v) is 3.10. The van der Waals surface area contributed by atoms with Crippen LogP contribution in [0.4, 0.5) is 4.39 Å². The normalized spacial score (nSPS) is 17.3. The van der Waals surface area contributed by atoms with Crippen molar-refractivity contribution >= 4 is 15.9 Å². The molecule has 20 heavy (non-hydrogen) atoms. The van der Waals surface area contributed by atoms with E-state index in [0.717, 1.165) is 34.5 Å². The molecule has 1 fully saturated rings. The Morgan fingerprint density at radius 1 is 1.20 bits per heavy atom. The van der Waals surface area contributed by atoms with Crippen LogP contribution in [0.5, 0.6) is 0 Å². The van der Waals surface area contributed by atoms with Gasteiger partial charge in [0.05, 0.1) is 11.4 Å². The third-order valence-electron chi connectivity index (χ3n) is 3.85. The molecule has 1 aliphatic carbocycles. The Morgan fingerprint density at radius 3 is 2.85 bits per heavy atom. The molecule has 2 aromatic rings. The van der Waals surface area contributed by atoms with Crippen molar-refractivity contribution in [1.82, 2.24) is 15.3 Å². The van der Waals surface area contributed by atoms with E-state index >= 15 is 0 Å². The van der Waals surface area contributed by atoms with E-state index in [1.807, 2.05) is 0 Å². The van der Waals surface area contributed by atoms with Crippen LogP contribution in [0.2, 0.25) is 0 Å². The van der Waals surface area contributed by atoms with Gasteiger partial charge in [0.2, 0.25) is 0 Å². The van der Waals surface area contributed by atoms with Gasteiger partial charge in [0.1, 0.15) is 5.82 Å². The molecule has 1 saturated carbocycles. The molecule has 0 atom stereocenters. The lowest BCUT2D eigenvalue weighted by molar-refractivity contribution is 0.628. The van der Waals surface area contributed by atoms with E-state index in [4.69, 9.17) is 4.98 Å². The first kappa shape index (κ1) is 12.4. The first-order valence-corrected chi connectivity index (χ1v) is 7.57. The summed E-state index contributed by atoms with van der Waals surface area (Å²) < 4.78 is 14.3. The maximum Gasteiger partial charge on any atom is 0.160 e. The van der Waals surface area contributed by atoms with E-state index in [0.29, 0.717) is 11.7 Å². The molecule has 2 aliphatic rings. The third kappa shape index (κ3) is 2.05. The summed E-state index contributed by atoms with van der Waals surface area (Å²) in [5, 5.41) is 3.33. The van der Waals surface area contributed by atoms with Crippen LogP contribution in [0.1, 0.15) is 35.7 Å². The number of benzene rings is 1. The topological polar surface area (TPSA) is 37.8 Å². The monoisotopic (exact) mass is 333 g/mol. The molecule has 0 bridgehead atoms. The average Bonchev–Trinajstić information content (AvgIpc) is 3.18. The highest BCUT2D eigenvalue weighted by atomic mass is 79.9. The fraction of sp³-hybridized carbons (Fsp3) is 0.333. The van der Waals surface area contributed by atoms with Gasteiger partial charge in [-0.25, -0.2) is 14.4 Å². The molecule has 0 spiro atoms. The Labute approximate surface area is 124 Å². The minimum absolute atomic E-state index is 0.265. The quantitative estimate of drug-likeness (QED) is 0.913. The van der Waals surface area contributed by atoms with E-state index in [1.165, 1.54) is 30.5 Å². The van der Waals surface area contributed by atoms with Crippen LogP contribution < -0.4 is 5.32 Å². The molecule has 4 rings (SSSR count). The van der Waals surface area contributed by atoms with Crippen molar-refractivity contribution in [2.75, 3.05) is 0 Å². The highest BCUT2D eigenvalue weighted by molar-refractivity contribution is 9.10. The van der Waals surface area contributed by atoms with E-state index in [-0.39, 0.29) is 5.82 Å². The summed E-state index contributed by atoms with van der Waals surface area (Å²) in [6.45, 7) is 1.63. The minimum atomic E-state index is -0.265. The molecule has 3 nitrogen and oxygen atoms in total. The molecule has 102 valence electrons. The summed E-state index contributed by atoms with van der Waals surface area (Å²) in [5.74, 6) is 0.928. The lowest BCUT2D eigenvalue weighted by Gasteiger charge is -2.10. The molecule has 0 radical (unpaired) electrons. The van der Waals surface area contributed by atoms with E-state index in [1.54, 1.807) is 6.07 Å². The number of hydrogen-bond donors (Lipinski definition) is 1. The molecule has 0 unspecified atom stereocenters. The van der Waals surface area contributed by atoms with Gasteiger partial charge in [0.25, 0.3) is 0 Å². The molecule has 1 aliphatic heterocycles. The highest BCUT2D eigenvalue weighted by Crippen LogP contribution is 2.42. The van der Waals surface area contributed by atoms with Crippen molar-refractivity contribution in [1.29, 1.82) is 0 Å². The lowest BCUT2D eigenvalue weighted by Crippen LogP contribution is -2.03. The second kappa shape index (κ2) is 4.60. The minimum Gasteiger partial charge on any atom is -0.307 e. The van der Waals surface area contributed by atoms with Crippen LogP contribution in [0.3, 0.4) is 0 Å². The summed E-state index contributed by atoms with van der Waals surface area (Å²) in [7, 11) is 0. The molecular formula is C15H13BrFN3. The predicted octanol–water partition coefficient (Wildman–Crippen LogP) is 3.53. The van der Waals surface area contributed by atoms with Gasteiger partial charge in [0.15, 0.2) is 5.82 Å². The Bertz CT molecular complexity index is 698. The molecular weight excluding hydrogens is 321 g/mol. The summed E-state index contributed by atoms with van der Waals surface area (Å²) in [6.07, 6.45) is 2.40. The van der Waals surface area contributed by atoms with Crippen molar-refractivity contribution in [2.24, 2.45) is 0 Å². The second-order valence-electron chi connectivity index (χ2n) is 5.36.